The Morgan fingerprint density at radius 1 is 1.00 bits per heavy atom. The molecule has 3 aromatic carbocycles. The third-order valence-corrected chi connectivity index (χ3v) is 5.99. The Kier molecular flexibility index (Phi) is 7.84. The van der Waals surface area contributed by atoms with E-state index in [1.807, 2.05) is 6.07 Å². The van der Waals surface area contributed by atoms with E-state index < -0.39 is 11.9 Å². The van der Waals surface area contributed by atoms with Gasteiger partial charge in [0.1, 0.15) is 40.4 Å². The second kappa shape index (κ2) is 11.4. The van der Waals surface area contributed by atoms with E-state index in [4.69, 9.17) is 29.4 Å². The zero-order valence-electron chi connectivity index (χ0n) is 20.9. The molecule has 0 spiro atoms. The van der Waals surface area contributed by atoms with Crippen molar-refractivity contribution in [2.24, 2.45) is 5.73 Å². The van der Waals surface area contributed by atoms with Crippen LogP contribution in [0, 0.1) is 11.3 Å². The normalized spacial score (nSPS) is 14.2. The van der Waals surface area contributed by atoms with Crippen molar-refractivity contribution >= 4 is 5.97 Å². The predicted molar refractivity (Wildman–Crippen MR) is 137 cm³/mol. The number of nitrogens with zero attached hydrogens (tertiary/aromatic N) is 1. The van der Waals surface area contributed by atoms with Gasteiger partial charge in [0.05, 0.1) is 32.3 Å². The van der Waals surface area contributed by atoms with Crippen LogP contribution in [-0.4, -0.2) is 26.8 Å². The molecule has 3 aromatic rings. The first-order valence-corrected chi connectivity index (χ1v) is 11.9. The molecule has 0 aliphatic carbocycles. The molecule has 8 nitrogen and oxygen atoms in total. The summed E-state index contributed by atoms with van der Waals surface area (Å²) in [7, 11) is 3.11. The maximum absolute atomic E-state index is 12.8. The summed E-state index contributed by atoms with van der Waals surface area (Å²) in [5.41, 5.74) is 8.15. The summed E-state index contributed by atoms with van der Waals surface area (Å²) in [6.45, 7) is 2.66. The monoisotopic (exact) mass is 500 g/mol. The number of allylic oxidation sites excluding steroid dienone is 1. The number of hydrogen-bond donors (Lipinski definition) is 1. The fourth-order valence-corrected chi connectivity index (χ4v) is 4.09. The summed E-state index contributed by atoms with van der Waals surface area (Å²) in [6.07, 6.45) is 1.95. The lowest BCUT2D eigenvalue weighted by molar-refractivity contribution is 0.0734. The topological polar surface area (TPSA) is 113 Å². The first-order chi connectivity index (χ1) is 18.0. The lowest BCUT2D eigenvalue weighted by Crippen LogP contribution is -2.21. The lowest BCUT2D eigenvalue weighted by Gasteiger charge is -2.27. The van der Waals surface area contributed by atoms with Crippen LogP contribution in [-0.2, 0) is 0 Å². The number of carbonyl (C=O) groups excluding carboxylic acids is 1. The first-order valence-electron chi connectivity index (χ1n) is 11.9. The molecule has 2 N–H and O–H groups in total. The number of esters is 1. The van der Waals surface area contributed by atoms with Gasteiger partial charge in [-0.3, -0.25) is 0 Å². The van der Waals surface area contributed by atoms with E-state index in [9.17, 15) is 10.1 Å². The summed E-state index contributed by atoms with van der Waals surface area (Å²) in [5.74, 6) is 1.30. The summed E-state index contributed by atoms with van der Waals surface area (Å²) >= 11 is 0. The van der Waals surface area contributed by atoms with Gasteiger partial charge in [0.15, 0.2) is 0 Å². The molecule has 190 valence electrons. The Balaban J connectivity index is 1.63. The van der Waals surface area contributed by atoms with Crippen LogP contribution in [0.2, 0.25) is 0 Å². The smallest absolute Gasteiger partial charge is 0.343 e. The molecule has 8 heteroatoms. The minimum absolute atomic E-state index is 0.0294. The van der Waals surface area contributed by atoms with E-state index in [0.717, 1.165) is 18.4 Å². The van der Waals surface area contributed by atoms with Gasteiger partial charge in [-0.05, 0) is 36.8 Å². The van der Waals surface area contributed by atoms with Gasteiger partial charge in [-0.2, -0.15) is 5.26 Å². The maximum Gasteiger partial charge on any atom is 0.343 e. The summed E-state index contributed by atoms with van der Waals surface area (Å²) < 4.78 is 27.9. The van der Waals surface area contributed by atoms with Crippen molar-refractivity contribution in [2.75, 3.05) is 20.8 Å². The number of carbonyl (C=O) groups is 1. The van der Waals surface area contributed by atoms with Crippen LogP contribution < -0.4 is 29.4 Å². The van der Waals surface area contributed by atoms with Crippen LogP contribution in [0.4, 0.5) is 0 Å². The molecule has 37 heavy (non-hydrogen) atoms. The molecule has 0 fully saturated rings. The van der Waals surface area contributed by atoms with Gasteiger partial charge in [-0.1, -0.05) is 31.5 Å². The second-order valence-electron chi connectivity index (χ2n) is 8.35. The molecule has 4 rings (SSSR count). The number of ether oxygens (including phenoxy) is 5. The van der Waals surface area contributed by atoms with E-state index in [1.165, 1.54) is 0 Å². The van der Waals surface area contributed by atoms with Gasteiger partial charge in [-0.15, -0.1) is 0 Å². The number of hydrogen-bond acceptors (Lipinski definition) is 8. The van der Waals surface area contributed by atoms with Crippen molar-refractivity contribution in [2.45, 2.75) is 25.7 Å². The minimum atomic E-state index is -0.545. The molecule has 0 saturated carbocycles. The Hall–Kier alpha value is -4.64. The molecule has 0 aromatic heterocycles. The van der Waals surface area contributed by atoms with Crippen molar-refractivity contribution in [1.29, 1.82) is 5.26 Å². The van der Waals surface area contributed by atoms with Crippen LogP contribution in [0.5, 0.6) is 28.7 Å². The SMILES string of the molecule is CCCCOc1cccc(C(=O)Oc2ccc3c(c2)OC(N)=C(C#N)C3c2ccc(OC)cc2OC)c1. The van der Waals surface area contributed by atoms with Crippen LogP contribution in [0.25, 0.3) is 0 Å². The van der Waals surface area contributed by atoms with Crippen LogP contribution >= 0.6 is 0 Å². The van der Waals surface area contributed by atoms with Gasteiger partial charge in [0, 0.05) is 23.3 Å². The standard InChI is InChI=1S/C29H28N2O6/c1-4-5-13-35-20-8-6-7-18(14-20)29(32)36-21-10-12-23-26(16-21)37-28(31)24(17-30)27(23)22-11-9-19(33-2)15-25(22)34-3/h6-12,14-16,27H,4-5,13,31H2,1-3H3. The zero-order valence-corrected chi connectivity index (χ0v) is 20.9. The van der Waals surface area contributed by atoms with E-state index in [0.29, 0.717) is 40.7 Å². The Morgan fingerprint density at radius 3 is 2.51 bits per heavy atom. The maximum atomic E-state index is 12.8. The van der Waals surface area contributed by atoms with Gasteiger partial charge >= 0.3 is 5.97 Å². The van der Waals surface area contributed by atoms with Crippen molar-refractivity contribution in [3.8, 4) is 34.8 Å². The Morgan fingerprint density at radius 2 is 1.78 bits per heavy atom. The molecule has 0 amide bonds. The lowest BCUT2D eigenvalue weighted by atomic mass is 9.83. The number of rotatable bonds is 9. The zero-order chi connectivity index (χ0) is 26.4. The Bertz CT molecular complexity index is 1380. The molecule has 1 unspecified atom stereocenters. The van der Waals surface area contributed by atoms with Crippen LogP contribution in [0.3, 0.4) is 0 Å². The van der Waals surface area contributed by atoms with Gasteiger partial charge in [0.25, 0.3) is 0 Å². The number of nitriles is 1. The summed E-state index contributed by atoms with van der Waals surface area (Å²) in [6, 6.07) is 19.4. The highest BCUT2D eigenvalue weighted by molar-refractivity contribution is 5.91. The average molecular weight is 501 g/mol. The first kappa shape index (κ1) is 25.5. The molecule has 1 heterocycles. The molecule has 0 saturated heterocycles. The third-order valence-electron chi connectivity index (χ3n) is 5.99. The van der Waals surface area contributed by atoms with Crippen molar-refractivity contribution in [1.82, 2.24) is 0 Å². The van der Waals surface area contributed by atoms with Crippen molar-refractivity contribution in [3.05, 3.63) is 88.8 Å². The van der Waals surface area contributed by atoms with Crippen LogP contribution in [0.15, 0.2) is 72.1 Å². The average Bonchev–Trinajstić information content (AvgIpc) is 2.92. The quantitative estimate of drug-likeness (QED) is 0.239. The summed E-state index contributed by atoms with van der Waals surface area (Å²) in [4.78, 5) is 12.8. The van der Waals surface area contributed by atoms with Crippen LogP contribution in [0.1, 0.15) is 47.2 Å². The second-order valence-corrected chi connectivity index (χ2v) is 8.35. The van der Waals surface area contributed by atoms with E-state index >= 15 is 0 Å². The number of fused-ring (bicyclic) bond motifs is 1. The highest BCUT2D eigenvalue weighted by atomic mass is 16.5. The van der Waals surface area contributed by atoms with E-state index in [1.54, 1.807) is 68.8 Å². The van der Waals surface area contributed by atoms with E-state index in [-0.39, 0.29) is 17.2 Å². The van der Waals surface area contributed by atoms with Crippen molar-refractivity contribution in [3.63, 3.8) is 0 Å². The molecule has 0 radical (unpaired) electrons. The predicted octanol–water partition coefficient (Wildman–Crippen LogP) is 5.32. The summed E-state index contributed by atoms with van der Waals surface area (Å²) in [5, 5.41) is 9.86. The minimum Gasteiger partial charge on any atom is -0.497 e. The van der Waals surface area contributed by atoms with Gasteiger partial charge < -0.3 is 29.4 Å². The third kappa shape index (κ3) is 5.46. The molecule has 0 bridgehead atoms. The van der Waals surface area contributed by atoms with E-state index in [2.05, 4.69) is 13.0 Å². The van der Waals surface area contributed by atoms with Gasteiger partial charge in [-0.25, -0.2) is 4.79 Å². The largest absolute Gasteiger partial charge is 0.497 e. The molecule has 1 aliphatic heterocycles. The molecule has 1 aliphatic rings. The molecular weight excluding hydrogens is 472 g/mol. The highest BCUT2D eigenvalue weighted by Crippen LogP contribution is 2.46. The fourth-order valence-electron chi connectivity index (χ4n) is 4.09. The number of methoxy groups -OCH3 is 2. The Labute approximate surface area is 215 Å². The van der Waals surface area contributed by atoms with Gasteiger partial charge in [0.2, 0.25) is 5.88 Å². The number of benzene rings is 3. The number of unbranched alkanes of at least 4 members (excludes halogenated alkanes) is 1. The van der Waals surface area contributed by atoms with Crippen molar-refractivity contribution < 1.29 is 28.5 Å². The highest BCUT2D eigenvalue weighted by Gasteiger charge is 2.33. The number of nitrogens with two attached hydrogens (primary N) is 1. The fraction of sp³-hybridized carbons (Fsp3) is 0.241. The molecule has 1 atom stereocenters. The molecular formula is C29H28N2O6.